The third kappa shape index (κ3) is 6.46. The molecule has 63 heavy (non-hydrogen) atoms. The number of phenolic OH excluding ortho intramolecular Hbond substituents is 12. The van der Waals surface area contributed by atoms with E-state index in [0.29, 0.717) is 0 Å². The second kappa shape index (κ2) is 14.7. The Balaban J connectivity index is 1.32. The fourth-order valence-electron chi connectivity index (χ4n) is 8.89. The molecule has 6 aromatic carbocycles. The molecule has 0 aliphatic carbocycles. The SMILES string of the molecule is Oc1ccc2c(c1)O[C@H](c1cc(O)c(O)c(O)c1)[C@@H](O)[C@H]2c1c(O)c2c(c([C@H]3c4ccc(O)cc4O[C@H](c4cc(O)c(O)c(O)c4)[C@H]3O)c1O)O[C@H](c1ccc(O)c(O)c1)[C@H](O)C2. The fraction of sp³-hybridized carbons (Fsp3) is 0.200. The molecule has 15 N–H and O–H groups in total. The van der Waals surface area contributed by atoms with E-state index in [-0.39, 0.29) is 67.7 Å². The summed E-state index contributed by atoms with van der Waals surface area (Å²) in [5.41, 5.74) is -0.716. The molecule has 0 unspecified atom stereocenters. The van der Waals surface area contributed by atoms with Crippen LogP contribution in [0.25, 0.3) is 0 Å². The number of aliphatic hydroxyl groups excluding tert-OH is 3. The molecule has 0 radical (unpaired) electrons. The molecule has 0 aromatic heterocycles. The molecule has 3 aliphatic rings. The number of hydrogen-bond acceptors (Lipinski definition) is 18. The van der Waals surface area contributed by atoms with Gasteiger partial charge in [-0.15, -0.1) is 0 Å². The van der Waals surface area contributed by atoms with Crippen molar-refractivity contribution in [1.82, 2.24) is 0 Å². The predicted molar refractivity (Wildman–Crippen MR) is 214 cm³/mol. The summed E-state index contributed by atoms with van der Waals surface area (Å²) in [6, 6.07) is 15.2. The van der Waals surface area contributed by atoms with Crippen LogP contribution in [0.15, 0.2) is 78.9 Å². The number of hydrogen-bond donors (Lipinski definition) is 15. The van der Waals surface area contributed by atoms with Crippen molar-refractivity contribution < 1.29 is 90.8 Å². The van der Waals surface area contributed by atoms with E-state index in [0.717, 1.165) is 36.4 Å². The van der Waals surface area contributed by atoms with Gasteiger partial charge < -0.3 is 90.8 Å². The van der Waals surface area contributed by atoms with E-state index < -0.39 is 118 Å². The molecular weight excluding hydrogens is 828 g/mol. The van der Waals surface area contributed by atoms with Crippen molar-refractivity contribution in [2.24, 2.45) is 0 Å². The molecule has 0 fully saturated rings. The average molecular weight is 867 g/mol. The van der Waals surface area contributed by atoms with Crippen molar-refractivity contribution in [1.29, 1.82) is 0 Å². The maximum absolute atomic E-state index is 12.9. The van der Waals surface area contributed by atoms with Crippen LogP contribution in [0, 0.1) is 0 Å². The Hall–Kier alpha value is -7.80. The normalized spacial score (nSPS) is 23.6. The minimum absolute atomic E-state index is 0.0834. The first kappa shape index (κ1) is 40.6. The van der Waals surface area contributed by atoms with Crippen LogP contribution in [0.3, 0.4) is 0 Å². The molecular formula is C45H38O18. The number of benzene rings is 6. The van der Waals surface area contributed by atoms with Crippen LogP contribution in [0.2, 0.25) is 0 Å². The third-order valence-electron chi connectivity index (χ3n) is 11.8. The van der Waals surface area contributed by atoms with Gasteiger partial charge in [0.1, 0.15) is 58.6 Å². The summed E-state index contributed by atoms with van der Waals surface area (Å²) in [4.78, 5) is 0. The number of phenols is 12. The first-order valence-electron chi connectivity index (χ1n) is 19.3. The predicted octanol–water partition coefficient (Wildman–Crippen LogP) is 4.44. The van der Waals surface area contributed by atoms with Gasteiger partial charge in [-0.25, -0.2) is 0 Å². The highest BCUT2D eigenvalue weighted by molar-refractivity contribution is 5.70. The molecule has 0 saturated heterocycles. The van der Waals surface area contributed by atoms with Crippen LogP contribution >= 0.6 is 0 Å². The summed E-state index contributed by atoms with van der Waals surface area (Å²) < 4.78 is 18.7. The molecule has 18 nitrogen and oxygen atoms in total. The Bertz CT molecular complexity index is 2800. The van der Waals surface area contributed by atoms with Crippen LogP contribution in [-0.4, -0.2) is 94.9 Å². The van der Waals surface area contributed by atoms with E-state index in [2.05, 4.69) is 0 Å². The van der Waals surface area contributed by atoms with Gasteiger partial charge in [0.05, 0.1) is 6.10 Å². The smallest absolute Gasteiger partial charge is 0.200 e. The summed E-state index contributed by atoms with van der Waals surface area (Å²) >= 11 is 0. The van der Waals surface area contributed by atoms with Crippen LogP contribution in [0.4, 0.5) is 0 Å². The average Bonchev–Trinajstić information content (AvgIpc) is 3.23. The first-order valence-corrected chi connectivity index (χ1v) is 19.3. The topological polar surface area (TPSA) is 331 Å². The second-order valence-corrected chi connectivity index (χ2v) is 15.7. The largest absolute Gasteiger partial charge is 0.508 e. The lowest BCUT2D eigenvalue weighted by molar-refractivity contribution is 0.000294. The summed E-state index contributed by atoms with van der Waals surface area (Å²) in [7, 11) is 0. The Kier molecular flexibility index (Phi) is 9.46. The highest BCUT2D eigenvalue weighted by atomic mass is 16.5. The Morgan fingerprint density at radius 1 is 0.397 bits per heavy atom. The van der Waals surface area contributed by atoms with E-state index in [1.54, 1.807) is 0 Å². The van der Waals surface area contributed by atoms with Crippen LogP contribution in [-0.2, 0) is 6.42 Å². The standard InChI is InChI=1S/C45H38O18/c46-18-2-4-20-30(12-18)61-43(16-8-25(50)37(56)26(51)9-16)40(59)32(20)34-36(55)22-14-29(54)42(15-1-6-23(48)24(49)7-15)63-45(22)35(39(34)58)33-21-5-3-19(47)13-31(21)62-44(41(33)60)17-10-27(52)38(57)28(53)11-17/h1-13,29,32-33,40-44,46-60H,14H2/t29-,32-,33-,40+,41+,42-,43-,44-/m1/s1. The van der Waals surface area contributed by atoms with Crippen LogP contribution in [0.5, 0.6) is 86.2 Å². The van der Waals surface area contributed by atoms with Crippen molar-refractivity contribution in [3.8, 4) is 86.2 Å². The van der Waals surface area contributed by atoms with E-state index >= 15 is 0 Å². The lowest BCUT2D eigenvalue weighted by atomic mass is 9.73. The summed E-state index contributed by atoms with van der Waals surface area (Å²) in [6.07, 6.45) is -10.1. The second-order valence-electron chi connectivity index (χ2n) is 15.7. The Morgan fingerprint density at radius 2 is 0.857 bits per heavy atom. The summed E-state index contributed by atoms with van der Waals surface area (Å²) in [6.45, 7) is 0. The van der Waals surface area contributed by atoms with Crippen LogP contribution < -0.4 is 14.2 Å². The molecule has 3 heterocycles. The lowest BCUT2D eigenvalue weighted by Crippen LogP contribution is -2.38. The van der Waals surface area contributed by atoms with Gasteiger partial charge in [-0.3, -0.25) is 0 Å². The minimum Gasteiger partial charge on any atom is -0.508 e. The molecule has 0 bridgehead atoms. The highest BCUT2D eigenvalue weighted by Gasteiger charge is 2.49. The van der Waals surface area contributed by atoms with E-state index in [4.69, 9.17) is 14.2 Å². The van der Waals surface area contributed by atoms with E-state index in [9.17, 15) is 76.6 Å². The van der Waals surface area contributed by atoms with Gasteiger partial charge in [-0.05, 0) is 54.1 Å². The molecule has 8 atom stereocenters. The lowest BCUT2D eigenvalue weighted by Gasteiger charge is -2.42. The number of rotatable bonds is 5. The first-order chi connectivity index (χ1) is 29.9. The molecule has 18 heteroatoms. The molecule has 9 rings (SSSR count). The highest BCUT2D eigenvalue weighted by Crippen LogP contribution is 2.61. The van der Waals surface area contributed by atoms with Gasteiger partial charge in [-0.1, -0.05) is 18.2 Å². The van der Waals surface area contributed by atoms with Gasteiger partial charge >= 0.3 is 0 Å². The number of fused-ring (bicyclic) bond motifs is 3. The van der Waals surface area contributed by atoms with Gasteiger partial charge in [0.15, 0.2) is 58.2 Å². The Morgan fingerprint density at radius 3 is 1.33 bits per heavy atom. The Labute approximate surface area is 354 Å². The summed E-state index contributed by atoms with van der Waals surface area (Å²) in [5.74, 6) is -11.6. The maximum Gasteiger partial charge on any atom is 0.200 e. The molecule has 0 saturated carbocycles. The van der Waals surface area contributed by atoms with Crippen molar-refractivity contribution in [3.63, 3.8) is 0 Å². The number of aromatic hydroxyl groups is 12. The molecule has 0 spiro atoms. The summed E-state index contributed by atoms with van der Waals surface area (Å²) in [5, 5.41) is 165. The van der Waals surface area contributed by atoms with Crippen molar-refractivity contribution in [3.05, 3.63) is 123 Å². The van der Waals surface area contributed by atoms with E-state index in [1.807, 2.05) is 0 Å². The zero-order chi connectivity index (χ0) is 44.9. The maximum atomic E-state index is 12.9. The van der Waals surface area contributed by atoms with Gasteiger partial charge in [0, 0.05) is 69.3 Å². The van der Waals surface area contributed by atoms with Gasteiger partial charge in [-0.2, -0.15) is 0 Å². The monoisotopic (exact) mass is 866 g/mol. The molecule has 326 valence electrons. The fourth-order valence-corrected chi connectivity index (χ4v) is 8.89. The quantitative estimate of drug-likeness (QED) is 0.106. The third-order valence-corrected chi connectivity index (χ3v) is 11.8. The number of ether oxygens (including phenoxy) is 3. The zero-order valence-electron chi connectivity index (χ0n) is 32.3. The minimum atomic E-state index is -1.84. The zero-order valence-corrected chi connectivity index (χ0v) is 32.3. The van der Waals surface area contributed by atoms with Crippen molar-refractivity contribution >= 4 is 0 Å². The van der Waals surface area contributed by atoms with Crippen molar-refractivity contribution in [2.75, 3.05) is 0 Å². The van der Waals surface area contributed by atoms with E-state index in [1.165, 1.54) is 42.5 Å². The van der Waals surface area contributed by atoms with Crippen LogP contribution in [0.1, 0.15) is 74.7 Å². The van der Waals surface area contributed by atoms with Gasteiger partial charge in [0.25, 0.3) is 0 Å². The number of aliphatic hydroxyl groups is 3. The van der Waals surface area contributed by atoms with Gasteiger partial charge in [0.2, 0.25) is 0 Å². The molecule has 6 aromatic rings. The van der Waals surface area contributed by atoms with Crippen molar-refractivity contribution in [2.45, 2.75) is 54.9 Å². The molecule has 0 amide bonds. The molecule has 3 aliphatic heterocycles.